The first-order valence-electron chi connectivity index (χ1n) is 9.22. The number of ether oxygens (including phenoxy) is 1. The predicted octanol–water partition coefficient (Wildman–Crippen LogP) is 3.12. The number of rotatable bonds is 4. The number of hydrazine groups is 1. The van der Waals surface area contributed by atoms with Crippen LogP contribution in [0.5, 0.6) is 0 Å². The van der Waals surface area contributed by atoms with Gasteiger partial charge in [-0.15, -0.1) is 0 Å². The topological polar surface area (TPSA) is 95.5 Å². The number of nitrogens with two attached hydrogens (primary N) is 1. The Labute approximate surface area is 164 Å². The quantitative estimate of drug-likeness (QED) is 0.482. The molecule has 4 rings (SSSR count). The van der Waals surface area contributed by atoms with Gasteiger partial charge >= 0.3 is 0 Å². The molecule has 0 amide bonds. The van der Waals surface area contributed by atoms with Gasteiger partial charge in [0, 0.05) is 22.4 Å². The number of allylic oxidation sites excluding steroid dienone is 9. The van der Waals surface area contributed by atoms with Crippen molar-refractivity contribution in [3.63, 3.8) is 0 Å². The molecule has 0 fully saturated rings. The number of methoxy groups -OCH3 is 1. The second-order valence-electron chi connectivity index (χ2n) is 6.81. The Balaban J connectivity index is 1.72. The van der Waals surface area contributed by atoms with Gasteiger partial charge in [-0.2, -0.15) is 0 Å². The average molecular weight is 373 g/mol. The summed E-state index contributed by atoms with van der Waals surface area (Å²) >= 11 is 0. The van der Waals surface area contributed by atoms with Gasteiger partial charge in [0.2, 0.25) is 0 Å². The molecular formula is C22H23N5O. The maximum Gasteiger partial charge on any atom is 0.144 e. The van der Waals surface area contributed by atoms with E-state index in [9.17, 15) is 0 Å². The summed E-state index contributed by atoms with van der Waals surface area (Å²) in [5, 5.41) is 8.82. The standard InChI is InChI=1S/C22H23N5O/c1-28-18-8-5-14-2-3-15(11-18)4-6-16(10-14)21(24)19-12-17(7-9-20(19)23)22-25-13-26-27-22/h4-12,24,26H,2-3,13,23H2,1H3,(H,25,27). The lowest BCUT2D eigenvalue weighted by molar-refractivity contribution is 0.306. The molecule has 142 valence electrons. The lowest BCUT2D eigenvalue weighted by Gasteiger charge is -2.16. The van der Waals surface area contributed by atoms with E-state index in [1.807, 2.05) is 36.4 Å². The van der Waals surface area contributed by atoms with Crippen molar-refractivity contribution in [3.8, 4) is 0 Å². The third-order valence-corrected chi connectivity index (χ3v) is 4.95. The second-order valence-corrected chi connectivity index (χ2v) is 6.81. The first-order valence-corrected chi connectivity index (χ1v) is 9.22. The van der Waals surface area contributed by atoms with E-state index in [0.29, 0.717) is 23.6 Å². The predicted molar refractivity (Wildman–Crippen MR) is 113 cm³/mol. The maximum atomic E-state index is 8.82. The Morgan fingerprint density at radius 1 is 1.14 bits per heavy atom. The third kappa shape index (κ3) is 3.68. The highest BCUT2D eigenvalue weighted by molar-refractivity contribution is 6.16. The van der Waals surface area contributed by atoms with Crippen molar-refractivity contribution in [2.24, 2.45) is 4.99 Å². The van der Waals surface area contributed by atoms with Crippen LogP contribution >= 0.6 is 0 Å². The largest absolute Gasteiger partial charge is 0.497 e. The highest BCUT2D eigenvalue weighted by Gasteiger charge is 2.16. The van der Waals surface area contributed by atoms with Crippen LogP contribution in [0.2, 0.25) is 0 Å². The number of nitrogens with one attached hydrogen (secondary N) is 3. The maximum absolute atomic E-state index is 8.82. The summed E-state index contributed by atoms with van der Waals surface area (Å²) in [6, 6.07) is 5.65. The molecule has 0 aromatic heterocycles. The number of aliphatic imine (C=N–C) groups is 1. The molecule has 1 aromatic carbocycles. The number of nitrogens with zero attached hydrogens (tertiary/aromatic N) is 1. The van der Waals surface area contributed by atoms with E-state index in [1.165, 1.54) is 5.57 Å². The minimum Gasteiger partial charge on any atom is -0.497 e. The summed E-state index contributed by atoms with van der Waals surface area (Å²) < 4.78 is 5.40. The van der Waals surface area contributed by atoms with Crippen LogP contribution in [0.3, 0.4) is 0 Å². The lowest BCUT2D eigenvalue weighted by Crippen LogP contribution is -2.30. The molecule has 2 aliphatic carbocycles. The number of hydrogen-bond acceptors (Lipinski definition) is 6. The minimum atomic E-state index is 0.394. The molecule has 3 aliphatic rings. The molecule has 0 atom stereocenters. The molecule has 28 heavy (non-hydrogen) atoms. The zero-order chi connectivity index (χ0) is 19.5. The van der Waals surface area contributed by atoms with Gasteiger partial charge < -0.3 is 15.9 Å². The highest BCUT2D eigenvalue weighted by Crippen LogP contribution is 2.27. The molecular weight excluding hydrogens is 350 g/mol. The van der Waals surface area contributed by atoms with Gasteiger partial charge in [-0.3, -0.25) is 5.41 Å². The summed E-state index contributed by atoms with van der Waals surface area (Å²) in [5.74, 6) is 1.59. The Morgan fingerprint density at radius 2 is 2.00 bits per heavy atom. The summed E-state index contributed by atoms with van der Waals surface area (Å²) in [5.41, 5.74) is 17.9. The molecule has 0 saturated heterocycles. The molecule has 0 radical (unpaired) electrons. The molecule has 6 nitrogen and oxygen atoms in total. The Kier molecular flexibility index (Phi) is 4.95. The van der Waals surface area contributed by atoms with E-state index < -0.39 is 0 Å². The number of fused-ring (bicyclic) bond motifs is 3. The number of nitrogen functional groups attached to an aromatic ring is 1. The van der Waals surface area contributed by atoms with Crippen LogP contribution in [0.1, 0.15) is 24.0 Å². The Hall–Kier alpha value is -3.38. The van der Waals surface area contributed by atoms with Crippen molar-refractivity contribution < 1.29 is 4.74 Å². The average Bonchev–Trinajstić information content (AvgIpc) is 3.21. The van der Waals surface area contributed by atoms with E-state index in [1.54, 1.807) is 7.11 Å². The van der Waals surface area contributed by atoms with Gasteiger partial charge in [-0.1, -0.05) is 18.2 Å². The highest BCUT2D eigenvalue weighted by atomic mass is 16.5. The van der Waals surface area contributed by atoms with Gasteiger partial charge in [0.1, 0.15) is 18.3 Å². The summed E-state index contributed by atoms with van der Waals surface area (Å²) in [4.78, 5) is 4.36. The number of benzene rings is 1. The first kappa shape index (κ1) is 18.0. The number of amidine groups is 1. The van der Waals surface area contributed by atoms with Crippen molar-refractivity contribution in [2.75, 3.05) is 19.5 Å². The fraction of sp³-hybridized carbons (Fsp3) is 0.182. The van der Waals surface area contributed by atoms with Crippen molar-refractivity contribution in [3.05, 3.63) is 88.3 Å². The van der Waals surface area contributed by atoms with E-state index in [4.69, 9.17) is 15.9 Å². The molecule has 5 N–H and O–H groups in total. The van der Waals surface area contributed by atoms with Crippen LogP contribution in [0.15, 0.2) is 82.1 Å². The molecule has 0 unspecified atom stereocenters. The Bertz CT molecular complexity index is 1010. The van der Waals surface area contributed by atoms with Crippen LogP contribution in [-0.2, 0) is 4.74 Å². The van der Waals surface area contributed by atoms with Crippen molar-refractivity contribution in [1.29, 1.82) is 5.41 Å². The summed E-state index contributed by atoms with van der Waals surface area (Å²) in [6.45, 7) is 0.528. The fourth-order valence-corrected chi connectivity index (χ4v) is 3.36. The zero-order valence-electron chi connectivity index (χ0n) is 15.8. The third-order valence-electron chi connectivity index (χ3n) is 4.95. The van der Waals surface area contributed by atoms with E-state index in [2.05, 4.69) is 34.1 Å². The molecule has 1 aliphatic heterocycles. The van der Waals surface area contributed by atoms with Crippen LogP contribution in [0, 0.1) is 5.41 Å². The van der Waals surface area contributed by atoms with Crippen molar-refractivity contribution in [2.45, 2.75) is 12.8 Å². The molecule has 1 aromatic rings. The van der Waals surface area contributed by atoms with Gasteiger partial charge in [0.25, 0.3) is 0 Å². The smallest absolute Gasteiger partial charge is 0.144 e. The first-order chi connectivity index (χ1) is 13.6. The van der Waals surface area contributed by atoms with Gasteiger partial charge in [0.15, 0.2) is 0 Å². The number of anilines is 1. The minimum absolute atomic E-state index is 0.394. The molecule has 0 spiro atoms. The van der Waals surface area contributed by atoms with E-state index in [-0.39, 0.29) is 0 Å². The molecule has 6 heteroatoms. The SMILES string of the molecule is COC1=CC=C2C=C(C(=N)c3cc(C4=NCNN4)ccc3N)C=CC(=C1)CC2. The van der Waals surface area contributed by atoms with E-state index >= 15 is 0 Å². The van der Waals surface area contributed by atoms with Crippen LogP contribution in [0.4, 0.5) is 5.69 Å². The fourth-order valence-electron chi connectivity index (χ4n) is 3.36. The van der Waals surface area contributed by atoms with Gasteiger partial charge in [-0.25, -0.2) is 10.4 Å². The molecule has 1 heterocycles. The lowest BCUT2D eigenvalue weighted by atomic mass is 9.91. The van der Waals surface area contributed by atoms with Crippen LogP contribution in [-0.4, -0.2) is 25.3 Å². The zero-order valence-corrected chi connectivity index (χ0v) is 15.8. The van der Waals surface area contributed by atoms with Crippen LogP contribution in [0.25, 0.3) is 0 Å². The van der Waals surface area contributed by atoms with Crippen molar-refractivity contribution >= 4 is 17.2 Å². The number of hydrogen-bond donors (Lipinski definition) is 4. The summed E-state index contributed by atoms with van der Waals surface area (Å²) in [7, 11) is 1.68. The summed E-state index contributed by atoms with van der Waals surface area (Å²) in [6.07, 6.45) is 14.0. The van der Waals surface area contributed by atoms with E-state index in [0.717, 1.165) is 41.1 Å². The van der Waals surface area contributed by atoms with Gasteiger partial charge in [-0.05, 0) is 60.4 Å². The van der Waals surface area contributed by atoms with Gasteiger partial charge in [0.05, 0.1) is 12.8 Å². The molecule has 0 saturated carbocycles. The molecule has 2 bridgehead atoms. The second kappa shape index (κ2) is 7.70. The van der Waals surface area contributed by atoms with Crippen LogP contribution < -0.4 is 16.6 Å². The van der Waals surface area contributed by atoms with Crippen molar-refractivity contribution in [1.82, 2.24) is 10.9 Å². The Morgan fingerprint density at radius 3 is 2.79 bits per heavy atom. The normalized spacial score (nSPS) is 18.4. The monoisotopic (exact) mass is 373 g/mol.